The third kappa shape index (κ3) is 10.6. The van der Waals surface area contributed by atoms with Gasteiger partial charge in [-0.15, -0.1) is 0 Å². The maximum absolute atomic E-state index is 15.0. The van der Waals surface area contributed by atoms with Crippen LogP contribution in [-0.4, -0.2) is 83.3 Å². The Morgan fingerprint density at radius 1 is 0.921 bits per heavy atom. The number of nitrogens with one attached hydrogen (secondary N) is 3. The fourth-order valence-corrected chi connectivity index (χ4v) is 7.12. The van der Waals surface area contributed by atoms with E-state index >= 15 is 4.79 Å². The number of rotatable bonds is 18. The van der Waals surface area contributed by atoms with E-state index in [4.69, 9.17) is 14.2 Å². The number of ether oxygens (including phenoxy) is 3. The van der Waals surface area contributed by atoms with Crippen molar-refractivity contribution in [3.8, 4) is 22.9 Å². The molecule has 4 N–H and O–H groups in total. The molecule has 0 saturated carbocycles. The third-order valence-corrected chi connectivity index (χ3v) is 10.8. The number of anilines is 1. The second-order valence-electron chi connectivity index (χ2n) is 13.9. The van der Waals surface area contributed by atoms with Gasteiger partial charge in [0.2, 0.25) is 18.8 Å². The maximum Gasteiger partial charge on any atom is 0.391 e. The molecule has 0 aliphatic rings. The molecule has 2 heterocycles. The smallest absolute Gasteiger partial charge is 0.391 e. The van der Waals surface area contributed by atoms with Crippen molar-refractivity contribution < 1.29 is 46.7 Å². The van der Waals surface area contributed by atoms with Crippen LogP contribution in [-0.2, 0) is 19.8 Å². The SMILES string of the molecule is CNS(=O)(=O)n1c(C(C(=O)Nc2cc(C(=O)NCCOc3ccc(C)cc3C)ccc2OCC(=O)O)n2nc[n+](-c3ccccc3)c2/N=C\Oc2ccccc2)nc(C)c(C)c1=O. The summed E-state index contributed by atoms with van der Waals surface area (Å²) in [5.74, 6) is -2.77. The van der Waals surface area contributed by atoms with Crippen molar-refractivity contribution in [3.63, 3.8) is 0 Å². The standard InChI is InChI=1S/C43H43N9O10S/c1-27-16-18-35(28(2)22-27)60-21-20-45-40(55)31-17-19-36(61-24-37(53)54)34(23-31)49-41(56)38(39-48-30(4)29(3)42(57)52(39)63(58,59)44-5)51-43(46-26-62-33-14-10-7-11-15-33)50(25-47-51)32-12-8-6-9-13-32/h6-19,22-23,25-26,38,44H,20-21,24H2,1-5H3,(H2-,45,49,53,54,55,56)/p+1. The molecule has 0 bridgehead atoms. The number of hydrogen-bond donors (Lipinski definition) is 4. The summed E-state index contributed by atoms with van der Waals surface area (Å²) in [5, 5.41) is 19.3. The molecule has 0 aliphatic heterocycles. The zero-order valence-corrected chi connectivity index (χ0v) is 35.6. The van der Waals surface area contributed by atoms with Gasteiger partial charge in [-0.2, -0.15) is 17.0 Å². The predicted molar refractivity (Wildman–Crippen MR) is 230 cm³/mol. The van der Waals surface area contributed by atoms with Gasteiger partial charge < -0.3 is 30.0 Å². The zero-order valence-electron chi connectivity index (χ0n) is 34.8. The van der Waals surface area contributed by atoms with Crippen molar-refractivity contribution in [1.82, 2.24) is 28.8 Å². The first-order chi connectivity index (χ1) is 30.2. The predicted octanol–water partition coefficient (Wildman–Crippen LogP) is 3.50. The number of aromatic nitrogens is 5. The average molecular weight is 879 g/mol. The van der Waals surface area contributed by atoms with Gasteiger partial charge in [-0.05, 0) is 86.9 Å². The van der Waals surface area contributed by atoms with Gasteiger partial charge in [-0.3, -0.25) is 14.4 Å². The Bertz CT molecular complexity index is 2850. The number of amides is 2. The molecule has 2 amide bonds. The molecule has 0 aliphatic carbocycles. The summed E-state index contributed by atoms with van der Waals surface area (Å²) in [6, 6.07) is 25.1. The summed E-state index contributed by atoms with van der Waals surface area (Å²) in [7, 11) is -3.61. The first-order valence-corrected chi connectivity index (χ1v) is 20.7. The summed E-state index contributed by atoms with van der Waals surface area (Å²) in [4.78, 5) is 63.0. The van der Waals surface area contributed by atoms with E-state index in [1.165, 1.54) is 42.9 Å². The van der Waals surface area contributed by atoms with E-state index in [1.807, 2.05) is 32.0 Å². The highest BCUT2D eigenvalue weighted by Crippen LogP contribution is 2.30. The molecule has 0 fully saturated rings. The summed E-state index contributed by atoms with van der Waals surface area (Å²) >= 11 is 0. The number of nitrogens with zero attached hydrogens (tertiary/aromatic N) is 6. The maximum atomic E-state index is 15.0. The van der Waals surface area contributed by atoms with Crippen molar-refractivity contribution in [2.75, 3.05) is 32.1 Å². The largest absolute Gasteiger partial charge is 0.491 e. The number of para-hydroxylation sites is 2. The molecule has 0 spiro atoms. The van der Waals surface area contributed by atoms with Crippen LogP contribution in [0.3, 0.4) is 0 Å². The molecule has 0 radical (unpaired) electrons. The Kier molecular flexibility index (Phi) is 14.1. The summed E-state index contributed by atoms with van der Waals surface area (Å²) in [5.41, 5.74) is 1.43. The normalized spacial score (nSPS) is 11.8. The van der Waals surface area contributed by atoms with Gasteiger partial charge in [0.15, 0.2) is 12.4 Å². The Balaban J connectivity index is 1.45. The number of benzene rings is 4. The Hall–Kier alpha value is -7.71. The molecule has 0 saturated heterocycles. The third-order valence-electron chi connectivity index (χ3n) is 9.45. The van der Waals surface area contributed by atoms with E-state index in [0.717, 1.165) is 29.3 Å². The minimum Gasteiger partial charge on any atom is -0.491 e. The Labute approximate surface area is 361 Å². The number of hydrogen-bond acceptors (Lipinski definition) is 12. The zero-order chi connectivity index (χ0) is 45.3. The van der Waals surface area contributed by atoms with Crippen LogP contribution in [0.1, 0.15) is 44.6 Å². The minimum absolute atomic E-state index is 0.0199. The number of carbonyl (C=O) groups excluding carboxylic acids is 2. The van der Waals surface area contributed by atoms with Gasteiger partial charge in [-0.25, -0.2) is 14.5 Å². The van der Waals surface area contributed by atoms with Gasteiger partial charge in [0, 0.05) is 23.9 Å². The lowest BCUT2D eigenvalue weighted by Gasteiger charge is -2.20. The number of carbonyl (C=O) groups is 3. The minimum atomic E-state index is -4.70. The Morgan fingerprint density at radius 3 is 2.30 bits per heavy atom. The first kappa shape index (κ1) is 44.8. The Morgan fingerprint density at radius 2 is 1.62 bits per heavy atom. The van der Waals surface area contributed by atoms with Gasteiger partial charge in [0.25, 0.3) is 17.4 Å². The van der Waals surface area contributed by atoms with Gasteiger partial charge in [0.1, 0.15) is 23.9 Å². The number of aryl methyl sites for hydroxylation is 3. The quantitative estimate of drug-likeness (QED) is 0.0420. The second kappa shape index (κ2) is 19.8. The molecule has 4 aromatic carbocycles. The highest BCUT2D eigenvalue weighted by Gasteiger charge is 2.40. The highest BCUT2D eigenvalue weighted by molar-refractivity contribution is 7.87. The molecule has 6 aromatic rings. The van der Waals surface area contributed by atoms with E-state index in [-0.39, 0.29) is 47.4 Å². The average Bonchev–Trinajstić information content (AvgIpc) is 3.67. The van der Waals surface area contributed by atoms with Crippen LogP contribution in [0.15, 0.2) is 113 Å². The topological polar surface area (TPSA) is 238 Å². The van der Waals surface area contributed by atoms with E-state index in [0.29, 0.717) is 21.2 Å². The van der Waals surface area contributed by atoms with Crippen LogP contribution in [0.4, 0.5) is 11.6 Å². The second-order valence-corrected chi connectivity index (χ2v) is 15.6. The molecule has 6 rings (SSSR count). The summed E-state index contributed by atoms with van der Waals surface area (Å²) in [6.45, 7) is 6.13. The molecular weight excluding hydrogens is 835 g/mol. The van der Waals surface area contributed by atoms with Crippen LogP contribution in [0.2, 0.25) is 0 Å². The molecule has 1 atom stereocenters. The van der Waals surface area contributed by atoms with Crippen molar-refractivity contribution in [3.05, 3.63) is 148 Å². The highest BCUT2D eigenvalue weighted by atomic mass is 32.2. The molecule has 63 heavy (non-hydrogen) atoms. The van der Waals surface area contributed by atoms with E-state index < -0.39 is 52.0 Å². The fourth-order valence-electron chi connectivity index (χ4n) is 6.20. The lowest BCUT2D eigenvalue weighted by atomic mass is 10.1. The van der Waals surface area contributed by atoms with Crippen molar-refractivity contribution >= 4 is 46.0 Å². The first-order valence-electron chi connectivity index (χ1n) is 19.3. The van der Waals surface area contributed by atoms with Crippen LogP contribution in [0, 0.1) is 27.7 Å². The van der Waals surface area contributed by atoms with Crippen LogP contribution >= 0.6 is 0 Å². The number of aliphatic carboxylic acids is 1. The lowest BCUT2D eigenvalue weighted by Crippen LogP contribution is -2.43. The van der Waals surface area contributed by atoms with Gasteiger partial charge in [-0.1, -0.05) is 63.8 Å². The fraction of sp³-hybridized carbons (Fsp3) is 0.209. The molecule has 2 aromatic heterocycles. The van der Waals surface area contributed by atoms with E-state index in [2.05, 4.69) is 30.4 Å². The molecular formula is C43H44N9O10S+. The van der Waals surface area contributed by atoms with Crippen molar-refractivity contribution in [2.45, 2.75) is 33.7 Å². The van der Waals surface area contributed by atoms with Crippen molar-refractivity contribution in [1.29, 1.82) is 0 Å². The van der Waals surface area contributed by atoms with Crippen LogP contribution < -0.4 is 39.7 Å². The van der Waals surface area contributed by atoms with E-state index in [1.54, 1.807) is 60.7 Å². The number of aliphatic imine (C=N–C) groups is 1. The van der Waals surface area contributed by atoms with Gasteiger partial charge in [0.05, 0.1) is 17.9 Å². The summed E-state index contributed by atoms with van der Waals surface area (Å²) < 4.78 is 49.4. The van der Waals surface area contributed by atoms with Crippen molar-refractivity contribution in [2.24, 2.45) is 4.99 Å². The van der Waals surface area contributed by atoms with Crippen LogP contribution in [0.5, 0.6) is 17.2 Å². The monoisotopic (exact) mass is 878 g/mol. The lowest BCUT2D eigenvalue weighted by molar-refractivity contribution is -0.582. The van der Waals surface area contributed by atoms with Crippen LogP contribution in [0.25, 0.3) is 5.69 Å². The van der Waals surface area contributed by atoms with E-state index in [9.17, 15) is 27.9 Å². The summed E-state index contributed by atoms with van der Waals surface area (Å²) in [6.07, 6.45) is 2.41. The molecule has 20 heteroatoms. The van der Waals surface area contributed by atoms with Gasteiger partial charge >= 0.3 is 22.1 Å². The molecule has 1 unspecified atom stereocenters. The molecule has 326 valence electrons. The molecule has 19 nitrogen and oxygen atoms in total. The number of carboxylic acid groups (broad SMARTS) is 1. The number of carboxylic acids is 1.